The molecule has 0 fully saturated rings. The van der Waals surface area contributed by atoms with Crippen molar-refractivity contribution in [1.82, 2.24) is 9.13 Å². The Labute approximate surface area is 132 Å². The summed E-state index contributed by atoms with van der Waals surface area (Å²) in [5.74, 6) is 0. The van der Waals surface area contributed by atoms with Crippen LogP contribution in [-0.2, 0) is 13.1 Å². The summed E-state index contributed by atoms with van der Waals surface area (Å²) in [4.78, 5) is 25.4. The molecule has 6 heteroatoms. The Hall–Kier alpha value is -1.79. The number of aliphatic hydroxyl groups excluding tert-OH is 1. The van der Waals surface area contributed by atoms with E-state index in [1.165, 1.54) is 16.3 Å². The van der Waals surface area contributed by atoms with Crippen LogP contribution in [0.5, 0.6) is 0 Å². The van der Waals surface area contributed by atoms with Crippen molar-refractivity contribution < 1.29 is 5.11 Å². The minimum atomic E-state index is -0.580. The van der Waals surface area contributed by atoms with Gasteiger partial charge in [0, 0.05) is 19.5 Å². The fourth-order valence-electron chi connectivity index (χ4n) is 2.70. The van der Waals surface area contributed by atoms with E-state index in [0.717, 1.165) is 12.0 Å². The second kappa shape index (κ2) is 6.14. The lowest BCUT2D eigenvalue weighted by atomic mass is 10.1. The normalized spacial score (nSPS) is 17.3. The molecule has 0 amide bonds. The van der Waals surface area contributed by atoms with Crippen LogP contribution < -0.4 is 11.2 Å². The zero-order chi connectivity index (χ0) is 15.7. The van der Waals surface area contributed by atoms with E-state index in [9.17, 15) is 14.7 Å². The second-order valence-electron chi connectivity index (χ2n) is 5.30. The first kappa shape index (κ1) is 15.1. The fourth-order valence-corrected chi connectivity index (χ4v) is 3.80. The molecular weight excluding hydrogens is 300 g/mol. The fraction of sp³-hybridized carbons (Fsp3) is 0.375. The molecule has 116 valence electrons. The van der Waals surface area contributed by atoms with Crippen molar-refractivity contribution in [2.75, 3.05) is 0 Å². The number of aliphatic hydroxyl groups is 1. The van der Waals surface area contributed by atoms with E-state index in [-0.39, 0.29) is 11.2 Å². The Balaban J connectivity index is 2.34. The van der Waals surface area contributed by atoms with Gasteiger partial charge in [0.05, 0.1) is 10.6 Å². The monoisotopic (exact) mass is 318 g/mol. The van der Waals surface area contributed by atoms with Crippen molar-refractivity contribution in [2.24, 2.45) is 0 Å². The Morgan fingerprint density at radius 1 is 1.27 bits per heavy atom. The first-order valence-corrected chi connectivity index (χ1v) is 8.29. The maximum atomic E-state index is 12.8. The van der Waals surface area contributed by atoms with Crippen LogP contribution >= 0.6 is 11.8 Å². The summed E-state index contributed by atoms with van der Waals surface area (Å²) in [7, 11) is 0. The molecule has 1 unspecified atom stereocenters. The van der Waals surface area contributed by atoms with Gasteiger partial charge in [0.15, 0.2) is 0 Å². The van der Waals surface area contributed by atoms with Gasteiger partial charge >= 0.3 is 5.69 Å². The quantitative estimate of drug-likeness (QED) is 0.878. The van der Waals surface area contributed by atoms with E-state index in [4.69, 9.17) is 0 Å². The lowest BCUT2D eigenvalue weighted by Gasteiger charge is -2.25. The van der Waals surface area contributed by atoms with Crippen molar-refractivity contribution in [1.29, 1.82) is 0 Å². The zero-order valence-electron chi connectivity index (χ0n) is 12.4. The summed E-state index contributed by atoms with van der Waals surface area (Å²) in [6.45, 7) is 2.79. The van der Waals surface area contributed by atoms with Crippen LogP contribution in [0.15, 0.2) is 44.9 Å². The third kappa shape index (κ3) is 2.53. The number of hydrogen-bond acceptors (Lipinski definition) is 4. The lowest BCUT2D eigenvalue weighted by Crippen LogP contribution is -2.43. The molecule has 5 nitrogen and oxygen atoms in total. The smallest absolute Gasteiger partial charge is 0.331 e. The van der Waals surface area contributed by atoms with Gasteiger partial charge in [-0.3, -0.25) is 13.9 Å². The minimum absolute atomic E-state index is 0.272. The van der Waals surface area contributed by atoms with Crippen molar-refractivity contribution in [3.63, 3.8) is 0 Å². The van der Waals surface area contributed by atoms with E-state index in [2.05, 4.69) is 0 Å². The predicted molar refractivity (Wildman–Crippen MR) is 87.2 cm³/mol. The molecule has 2 heterocycles. The molecule has 1 aromatic carbocycles. The molecule has 1 aliphatic heterocycles. The van der Waals surface area contributed by atoms with Gasteiger partial charge in [0.1, 0.15) is 5.44 Å². The molecule has 0 spiro atoms. The number of rotatable bonds is 3. The van der Waals surface area contributed by atoms with Crippen LogP contribution in [0.1, 0.15) is 19.8 Å². The summed E-state index contributed by atoms with van der Waals surface area (Å²) in [6, 6.07) is 9.34. The highest BCUT2D eigenvalue weighted by Crippen LogP contribution is 2.34. The maximum absolute atomic E-state index is 12.8. The van der Waals surface area contributed by atoms with Gasteiger partial charge in [-0.15, -0.1) is 0 Å². The number of aromatic nitrogens is 2. The molecule has 0 bridgehead atoms. The van der Waals surface area contributed by atoms with Crippen molar-refractivity contribution >= 4 is 11.8 Å². The lowest BCUT2D eigenvalue weighted by molar-refractivity contribution is 0.233. The van der Waals surface area contributed by atoms with Gasteiger partial charge in [0.2, 0.25) is 0 Å². The average Bonchev–Trinajstić information content (AvgIpc) is 2.52. The predicted octanol–water partition coefficient (Wildman–Crippen LogP) is 1.90. The number of nitrogens with zero attached hydrogens (tertiary/aromatic N) is 2. The molecule has 0 saturated carbocycles. The van der Waals surface area contributed by atoms with Crippen LogP contribution in [0.3, 0.4) is 0 Å². The van der Waals surface area contributed by atoms with Crippen LogP contribution in [0.4, 0.5) is 0 Å². The number of hydrogen-bond donors (Lipinski definition) is 1. The number of fused-ring (bicyclic) bond motifs is 1. The van der Waals surface area contributed by atoms with Crippen LogP contribution in [0.25, 0.3) is 11.1 Å². The van der Waals surface area contributed by atoms with Gasteiger partial charge in [-0.25, -0.2) is 4.79 Å². The van der Waals surface area contributed by atoms with E-state index in [0.29, 0.717) is 30.1 Å². The first-order valence-electron chi connectivity index (χ1n) is 7.41. The zero-order valence-corrected chi connectivity index (χ0v) is 13.2. The standard InChI is InChI=1S/C16H18N2O3S/c1-2-9-17-14(20)13(11-6-4-3-5-7-11)15-18(16(17)21)10-8-12(19)22-15/h3-7,12,19H,2,8-10H2,1H3. The SMILES string of the molecule is CCCn1c(=O)c(-c2ccccc2)c2n(c1=O)CCC(O)S2. The van der Waals surface area contributed by atoms with Gasteiger partial charge in [-0.05, 0) is 12.0 Å². The van der Waals surface area contributed by atoms with Crippen molar-refractivity contribution in [3.05, 3.63) is 51.2 Å². The number of benzene rings is 1. The molecule has 3 rings (SSSR count). The van der Waals surface area contributed by atoms with E-state index in [1.807, 2.05) is 37.3 Å². The molecule has 22 heavy (non-hydrogen) atoms. The highest BCUT2D eigenvalue weighted by Gasteiger charge is 2.26. The van der Waals surface area contributed by atoms with E-state index in [1.54, 1.807) is 4.57 Å². The molecule has 0 radical (unpaired) electrons. The average molecular weight is 318 g/mol. The Kier molecular flexibility index (Phi) is 4.22. The topological polar surface area (TPSA) is 64.2 Å². The van der Waals surface area contributed by atoms with Crippen LogP contribution in [0, 0.1) is 0 Å². The van der Waals surface area contributed by atoms with Crippen molar-refractivity contribution in [2.45, 2.75) is 43.3 Å². The highest BCUT2D eigenvalue weighted by atomic mass is 32.2. The van der Waals surface area contributed by atoms with E-state index >= 15 is 0 Å². The Bertz CT molecular complexity index is 796. The molecule has 1 atom stereocenters. The summed E-state index contributed by atoms with van der Waals surface area (Å²) < 4.78 is 2.93. The largest absolute Gasteiger partial charge is 0.382 e. The first-order chi connectivity index (χ1) is 10.6. The minimum Gasteiger partial charge on any atom is -0.382 e. The van der Waals surface area contributed by atoms with Crippen LogP contribution in [0.2, 0.25) is 0 Å². The molecule has 1 aliphatic rings. The Morgan fingerprint density at radius 3 is 2.68 bits per heavy atom. The van der Waals surface area contributed by atoms with Gasteiger partial charge < -0.3 is 5.11 Å². The van der Waals surface area contributed by atoms with Gasteiger partial charge in [0.25, 0.3) is 5.56 Å². The summed E-state index contributed by atoms with van der Waals surface area (Å²) >= 11 is 1.19. The molecular formula is C16H18N2O3S. The summed E-state index contributed by atoms with van der Waals surface area (Å²) in [5.41, 5.74) is 0.162. The molecule has 1 aromatic heterocycles. The molecule has 0 aliphatic carbocycles. The van der Waals surface area contributed by atoms with Crippen molar-refractivity contribution in [3.8, 4) is 11.1 Å². The Morgan fingerprint density at radius 2 is 2.00 bits per heavy atom. The third-order valence-electron chi connectivity index (χ3n) is 3.74. The summed E-state index contributed by atoms with van der Waals surface area (Å²) in [5, 5.41) is 10.5. The second-order valence-corrected chi connectivity index (χ2v) is 6.46. The van der Waals surface area contributed by atoms with E-state index < -0.39 is 5.44 Å². The highest BCUT2D eigenvalue weighted by molar-refractivity contribution is 7.99. The molecule has 2 aromatic rings. The van der Waals surface area contributed by atoms with Gasteiger partial charge in [-0.2, -0.15) is 0 Å². The number of thioether (sulfide) groups is 1. The maximum Gasteiger partial charge on any atom is 0.331 e. The van der Waals surface area contributed by atoms with Gasteiger partial charge in [-0.1, -0.05) is 49.0 Å². The third-order valence-corrected chi connectivity index (χ3v) is 4.89. The molecule has 1 N–H and O–H groups in total. The van der Waals surface area contributed by atoms with Crippen LogP contribution in [-0.4, -0.2) is 19.7 Å². The summed E-state index contributed by atoms with van der Waals surface area (Å²) in [6.07, 6.45) is 1.23. The molecule has 0 saturated heterocycles.